The number of aromatic nitrogens is 3. The highest BCUT2D eigenvalue weighted by Crippen LogP contribution is 2.25. The Kier molecular flexibility index (Phi) is 5.11. The number of carbonyl (C=O) groups is 1. The third-order valence-electron chi connectivity index (χ3n) is 4.33. The number of anilines is 1. The molecule has 0 aliphatic heterocycles. The molecule has 0 saturated carbocycles. The van der Waals surface area contributed by atoms with Crippen LogP contribution in [0.3, 0.4) is 0 Å². The van der Waals surface area contributed by atoms with Crippen LogP contribution in [-0.4, -0.2) is 21.1 Å². The Morgan fingerprint density at radius 3 is 2.66 bits per heavy atom. The monoisotopic (exact) mass is 390 g/mol. The van der Waals surface area contributed by atoms with Gasteiger partial charge >= 0.3 is 0 Å². The summed E-state index contributed by atoms with van der Waals surface area (Å²) in [6, 6.07) is 14.1. The highest BCUT2D eigenvalue weighted by molar-refractivity contribution is 5.97. The zero-order chi connectivity index (χ0) is 20.2. The number of hydrogen-bond donors (Lipinski definition) is 2. The zero-order valence-electron chi connectivity index (χ0n) is 15.2. The third-order valence-corrected chi connectivity index (χ3v) is 4.33. The molecule has 5 nitrogen and oxygen atoms in total. The molecule has 0 aliphatic rings. The first kappa shape index (κ1) is 18.5. The molecule has 4 rings (SSSR count). The number of nitrogens with one attached hydrogen (secondary N) is 2. The number of carbonyl (C=O) groups excluding carboxylic acids is 1. The molecule has 0 spiro atoms. The van der Waals surface area contributed by atoms with Crippen molar-refractivity contribution in [2.45, 2.75) is 6.42 Å². The normalized spacial score (nSPS) is 11.2. The van der Waals surface area contributed by atoms with Crippen LogP contribution in [-0.2, 0) is 11.2 Å². The van der Waals surface area contributed by atoms with Crippen LogP contribution in [0, 0.1) is 11.6 Å². The van der Waals surface area contributed by atoms with Gasteiger partial charge in [-0.25, -0.2) is 8.78 Å². The summed E-state index contributed by atoms with van der Waals surface area (Å²) >= 11 is 0. The van der Waals surface area contributed by atoms with Gasteiger partial charge in [-0.3, -0.25) is 14.9 Å². The minimum absolute atomic E-state index is 0.0427. The van der Waals surface area contributed by atoms with Gasteiger partial charge in [-0.1, -0.05) is 24.3 Å². The number of H-pyrrole nitrogens is 1. The number of amides is 1. The van der Waals surface area contributed by atoms with Gasteiger partial charge in [0.25, 0.3) is 0 Å². The summed E-state index contributed by atoms with van der Waals surface area (Å²) < 4.78 is 27.4. The summed E-state index contributed by atoms with van der Waals surface area (Å²) in [5.74, 6) is -1.24. The summed E-state index contributed by atoms with van der Waals surface area (Å²) in [6.07, 6.45) is 5.16. The highest BCUT2D eigenvalue weighted by Gasteiger charge is 2.13. The van der Waals surface area contributed by atoms with Crippen molar-refractivity contribution in [3.05, 3.63) is 89.4 Å². The summed E-state index contributed by atoms with van der Waals surface area (Å²) in [5.41, 5.74) is 2.54. The predicted molar refractivity (Wildman–Crippen MR) is 108 cm³/mol. The lowest BCUT2D eigenvalue weighted by atomic mass is 10.1. The second kappa shape index (κ2) is 8.02. The number of benzene rings is 2. The minimum atomic E-state index is -0.565. The van der Waals surface area contributed by atoms with Crippen LogP contribution in [0.2, 0.25) is 0 Å². The fourth-order valence-electron chi connectivity index (χ4n) is 2.89. The van der Waals surface area contributed by atoms with Gasteiger partial charge in [0.2, 0.25) is 5.91 Å². The molecule has 0 radical (unpaired) electrons. The number of halogens is 2. The quantitative estimate of drug-likeness (QED) is 0.524. The number of pyridine rings is 1. The van der Waals surface area contributed by atoms with E-state index in [-0.39, 0.29) is 23.8 Å². The van der Waals surface area contributed by atoms with Gasteiger partial charge in [0.05, 0.1) is 23.3 Å². The summed E-state index contributed by atoms with van der Waals surface area (Å²) in [5, 5.41) is 10.2. The average molecular weight is 390 g/mol. The van der Waals surface area contributed by atoms with Crippen LogP contribution in [0.1, 0.15) is 17.0 Å². The molecule has 2 N–H and O–H groups in total. The topological polar surface area (TPSA) is 70.7 Å². The van der Waals surface area contributed by atoms with E-state index in [1.165, 1.54) is 24.3 Å². The Labute approximate surface area is 165 Å². The number of rotatable bonds is 5. The lowest BCUT2D eigenvalue weighted by Gasteiger charge is -2.07. The summed E-state index contributed by atoms with van der Waals surface area (Å²) in [4.78, 5) is 16.3. The lowest BCUT2D eigenvalue weighted by molar-refractivity contribution is -0.115. The number of nitrogens with zero attached hydrogens (tertiary/aromatic N) is 2. The molecule has 7 heteroatoms. The van der Waals surface area contributed by atoms with E-state index in [9.17, 15) is 13.6 Å². The van der Waals surface area contributed by atoms with Gasteiger partial charge in [-0.15, -0.1) is 0 Å². The van der Waals surface area contributed by atoms with Crippen molar-refractivity contribution in [2.24, 2.45) is 0 Å². The molecule has 0 bridgehead atoms. The van der Waals surface area contributed by atoms with Crippen LogP contribution in [0.5, 0.6) is 0 Å². The van der Waals surface area contributed by atoms with Gasteiger partial charge in [0, 0.05) is 23.3 Å². The van der Waals surface area contributed by atoms with Gasteiger partial charge < -0.3 is 5.32 Å². The largest absolute Gasteiger partial charge is 0.323 e. The predicted octanol–water partition coefficient (Wildman–Crippen LogP) is 4.59. The minimum Gasteiger partial charge on any atom is -0.323 e. The maximum absolute atomic E-state index is 14.4. The first-order chi connectivity index (χ1) is 14.1. The first-order valence-corrected chi connectivity index (χ1v) is 8.89. The van der Waals surface area contributed by atoms with Crippen molar-refractivity contribution in [3.8, 4) is 0 Å². The Hall–Kier alpha value is -3.87. The molecule has 144 valence electrons. The van der Waals surface area contributed by atoms with E-state index in [0.29, 0.717) is 22.3 Å². The van der Waals surface area contributed by atoms with E-state index >= 15 is 0 Å². The van der Waals surface area contributed by atoms with E-state index in [2.05, 4.69) is 20.5 Å². The van der Waals surface area contributed by atoms with Crippen LogP contribution < -0.4 is 5.32 Å². The number of fused-ring (bicyclic) bond motifs is 1. The van der Waals surface area contributed by atoms with Crippen LogP contribution in [0.4, 0.5) is 14.5 Å². The summed E-state index contributed by atoms with van der Waals surface area (Å²) in [6.45, 7) is 0. The average Bonchev–Trinajstić information content (AvgIpc) is 3.10. The van der Waals surface area contributed by atoms with Crippen molar-refractivity contribution >= 4 is 34.6 Å². The van der Waals surface area contributed by atoms with Gasteiger partial charge in [-0.2, -0.15) is 5.10 Å². The molecule has 2 aromatic heterocycles. The lowest BCUT2D eigenvalue weighted by Crippen LogP contribution is -2.16. The standard InChI is InChI=1S/C22H16F2N4O/c23-15-7-4-14(5-8-15)6-9-19-17-12-21(18(24)13-20(17)28-27-19)26-22(29)11-16-3-1-2-10-25-16/h1-10,12-13H,11H2,(H,26,29)(H,27,28). The molecular weight excluding hydrogens is 374 g/mol. The van der Waals surface area contributed by atoms with E-state index in [1.807, 2.05) is 0 Å². The van der Waals surface area contributed by atoms with E-state index in [0.717, 1.165) is 5.56 Å². The van der Waals surface area contributed by atoms with Crippen LogP contribution >= 0.6 is 0 Å². The molecule has 0 aliphatic carbocycles. The zero-order valence-corrected chi connectivity index (χ0v) is 15.2. The van der Waals surface area contributed by atoms with Gasteiger partial charge in [0.15, 0.2) is 0 Å². The fourth-order valence-corrected chi connectivity index (χ4v) is 2.89. The molecule has 0 fully saturated rings. The molecule has 4 aromatic rings. The van der Waals surface area contributed by atoms with Crippen molar-refractivity contribution in [2.75, 3.05) is 5.32 Å². The molecule has 0 atom stereocenters. The maximum atomic E-state index is 14.4. The van der Waals surface area contributed by atoms with Crippen molar-refractivity contribution in [1.82, 2.24) is 15.2 Å². The molecule has 2 heterocycles. The molecule has 0 unspecified atom stereocenters. The molecular formula is C22H16F2N4O. The second-order valence-electron chi connectivity index (χ2n) is 6.42. The number of aromatic amines is 1. The SMILES string of the molecule is O=C(Cc1ccccn1)Nc1cc2c(C=Cc3ccc(F)cc3)n[nH]c2cc1F. The second-order valence-corrected chi connectivity index (χ2v) is 6.42. The number of hydrogen-bond acceptors (Lipinski definition) is 3. The van der Waals surface area contributed by atoms with Gasteiger partial charge in [-0.05, 0) is 42.0 Å². The molecule has 2 aromatic carbocycles. The van der Waals surface area contributed by atoms with Crippen molar-refractivity contribution in [3.63, 3.8) is 0 Å². The molecule has 1 amide bonds. The maximum Gasteiger partial charge on any atom is 0.230 e. The molecule has 29 heavy (non-hydrogen) atoms. The van der Waals surface area contributed by atoms with Crippen molar-refractivity contribution < 1.29 is 13.6 Å². The van der Waals surface area contributed by atoms with Crippen molar-refractivity contribution in [1.29, 1.82) is 0 Å². The first-order valence-electron chi connectivity index (χ1n) is 8.89. The Bertz CT molecular complexity index is 1180. The van der Waals surface area contributed by atoms with Gasteiger partial charge in [0.1, 0.15) is 11.6 Å². The Morgan fingerprint density at radius 2 is 1.90 bits per heavy atom. The van der Waals surface area contributed by atoms with E-state index in [1.54, 1.807) is 48.7 Å². The highest BCUT2D eigenvalue weighted by atomic mass is 19.1. The van der Waals surface area contributed by atoms with Crippen LogP contribution in [0.15, 0.2) is 60.8 Å². The summed E-state index contributed by atoms with van der Waals surface area (Å²) in [7, 11) is 0. The van der Waals surface area contributed by atoms with E-state index < -0.39 is 5.82 Å². The van der Waals surface area contributed by atoms with E-state index in [4.69, 9.17) is 0 Å². The third kappa shape index (κ3) is 4.35. The fraction of sp³-hybridized carbons (Fsp3) is 0.0455. The Balaban J connectivity index is 1.57. The smallest absolute Gasteiger partial charge is 0.230 e. The van der Waals surface area contributed by atoms with Crippen LogP contribution in [0.25, 0.3) is 23.1 Å². The molecule has 0 saturated heterocycles. The Morgan fingerprint density at radius 1 is 1.07 bits per heavy atom.